The molecule has 0 saturated heterocycles. The van der Waals surface area contributed by atoms with Gasteiger partial charge in [0.25, 0.3) is 0 Å². The number of rotatable bonds is 0. The molecule has 0 atom stereocenters. The van der Waals surface area contributed by atoms with Crippen molar-refractivity contribution in [1.82, 2.24) is 0 Å². The Bertz CT molecular complexity index is 32.5. The predicted octanol–water partition coefficient (Wildman–Crippen LogP) is -7.13. The van der Waals surface area contributed by atoms with Crippen LogP contribution in [0.3, 0.4) is 0 Å². The van der Waals surface area contributed by atoms with Crippen molar-refractivity contribution in [1.29, 1.82) is 0 Å². The predicted molar refractivity (Wildman–Crippen MR) is 31.2 cm³/mol. The number of carboxylic acid groups (broad SMARTS) is 2. The maximum absolute atomic E-state index is 8.33. The van der Waals surface area contributed by atoms with E-state index in [1.54, 1.807) is 0 Å². The van der Waals surface area contributed by atoms with Crippen molar-refractivity contribution in [3.63, 3.8) is 0 Å². The van der Waals surface area contributed by atoms with E-state index in [4.69, 9.17) is 15.0 Å². The van der Waals surface area contributed by atoms with Gasteiger partial charge >= 0.3 is 23.1 Å². The third-order valence-corrected chi connectivity index (χ3v) is 0. The molecule has 0 aromatic rings. The molecule has 10 heteroatoms. The van der Waals surface area contributed by atoms with E-state index in [-0.39, 0.29) is 55.9 Å². The minimum atomic E-state index is -2.33. The Morgan fingerprint density at radius 1 is 0.818 bits per heavy atom. The van der Waals surface area contributed by atoms with Crippen molar-refractivity contribution in [2.75, 3.05) is 0 Å². The zero-order valence-corrected chi connectivity index (χ0v) is 6.79. The Kier molecular flexibility index (Phi) is 1170. The molecule has 0 bridgehead atoms. The average molecular weight is 191 g/mol. The standard InChI is InChI=1S/CH2O3.Mg.6H2O/c2-1(3)4;;;;;;;/h(H2,2,3,4);;6*1H2/q;+2;;;;;;/p-3. The normalized spacial score (nSPS) is 2.18. The van der Waals surface area contributed by atoms with Crippen molar-refractivity contribution >= 4 is 29.2 Å². The van der Waals surface area contributed by atoms with Crippen molar-refractivity contribution in [2.24, 2.45) is 0 Å². The molecule has 0 aromatic carbocycles. The molecule has 0 aliphatic rings. The van der Waals surface area contributed by atoms with Gasteiger partial charge in [0.05, 0.1) is 0 Å². The fourth-order valence-corrected chi connectivity index (χ4v) is 0. The molecule has 0 aliphatic heterocycles. The molecule has 0 amide bonds. The smallest absolute Gasteiger partial charge is 0.870 e. The number of carbonyl (C=O) groups is 1. The van der Waals surface area contributed by atoms with Gasteiger partial charge in [0, 0.05) is 0 Å². The van der Waals surface area contributed by atoms with Crippen molar-refractivity contribution in [3.05, 3.63) is 0 Å². The monoisotopic (exact) mass is 191 g/mol. The number of carbonyl (C=O) groups excluding carboxylic acids is 1. The van der Waals surface area contributed by atoms with Gasteiger partial charge in [-0.25, -0.2) is 0 Å². The fourth-order valence-electron chi connectivity index (χ4n) is 0. The molecule has 11 heavy (non-hydrogen) atoms. The van der Waals surface area contributed by atoms with E-state index < -0.39 is 6.16 Å². The number of hydrogen-bond donors (Lipinski definition) is 0. The van der Waals surface area contributed by atoms with Crippen molar-refractivity contribution in [3.8, 4) is 0 Å². The topological polar surface area (TPSA) is 251 Å². The fraction of sp³-hybridized carbons (Fsp3) is 0. The van der Waals surface area contributed by atoms with Gasteiger partial charge < -0.3 is 47.9 Å². The largest absolute Gasteiger partial charge is 2.00 e. The van der Waals surface area contributed by atoms with Crippen LogP contribution in [0.2, 0.25) is 0 Å². The molecule has 0 unspecified atom stereocenters. The Hall–Kier alpha value is -0.204. The van der Waals surface area contributed by atoms with Crippen LogP contribution in [0.5, 0.6) is 0 Å². The van der Waals surface area contributed by atoms with E-state index in [0.29, 0.717) is 0 Å². The summed E-state index contributed by atoms with van der Waals surface area (Å²) in [6, 6.07) is 0. The van der Waals surface area contributed by atoms with E-state index in [9.17, 15) is 0 Å². The quantitative estimate of drug-likeness (QED) is 0.338. The van der Waals surface area contributed by atoms with Crippen molar-refractivity contribution in [2.45, 2.75) is 0 Å². The first kappa shape index (κ1) is 133. The van der Waals surface area contributed by atoms with Crippen LogP contribution in [0.4, 0.5) is 4.79 Å². The molecular formula is CH11MgO9-. The second kappa shape index (κ2) is 96.9. The van der Waals surface area contributed by atoms with Gasteiger partial charge in [0.2, 0.25) is 0 Å². The maximum atomic E-state index is 8.33. The van der Waals surface area contributed by atoms with E-state index in [1.165, 1.54) is 0 Å². The Balaban J connectivity index is -0.00000000214. The summed E-state index contributed by atoms with van der Waals surface area (Å²) in [6.45, 7) is 0. The first-order chi connectivity index (χ1) is 1.73. The van der Waals surface area contributed by atoms with Gasteiger partial charge in [-0.1, -0.05) is 0 Å². The Labute approximate surface area is 77.6 Å². The van der Waals surface area contributed by atoms with Gasteiger partial charge in [-0.3, -0.25) is 0 Å². The van der Waals surface area contributed by atoms with Crippen LogP contribution in [0.1, 0.15) is 0 Å². The molecule has 0 rings (SSSR count). The van der Waals surface area contributed by atoms with Crippen LogP contribution in [-0.2, 0) is 0 Å². The first-order valence-electron chi connectivity index (χ1n) is 0.612. The van der Waals surface area contributed by atoms with Gasteiger partial charge in [-0.05, 0) is 6.16 Å². The zero-order chi connectivity index (χ0) is 3.58. The molecule has 0 heterocycles. The number of hydrogen-bond acceptors (Lipinski definition) is 4. The summed E-state index contributed by atoms with van der Waals surface area (Å²) in [5.41, 5.74) is 0. The van der Waals surface area contributed by atoms with Gasteiger partial charge in [0.15, 0.2) is 0 Å². The third kappa shape index (κ3) is 14300. The molecule has 0 aromatic heterocycles. The zero-order valence-electron chi connectivity index (χ0n) is 5.38. The van der Waals surface area contributed by atoms with Gasteiger partial charge in [0.1, 0.15) is 0 Å². The van der Waals surface area contributed by atoms with Crippen molar-refractivity contribution < 1.29 is 47.9 Å². The molecule has 9 nitrogen and oxygen atoms in total. The molecular weight excluding hydrogens is 180 g/mol. The summed E-state index contributed by atoms with van der Waals surface area (Å²) in [7, 11) is 0. The molecule has 0 saturated carbocycles. The minimum absolute atomic E-state index is 0. The average Bonchev–Trinajstić information content (AvgIpc) is 0.811. The molecule has 0 spiro atoms. The van der Waals surface area contributed by atoms with Crippen LogP contribution >= 0.6 is 0 Å². The van der Waals surface area contributed by atoms with Crippen LogP contribution in [0.15, 0.2) is 0 Å². The van der Waals surface area contributed by atoms with Crippen LogP contribution in [-0.4, -0.2) is 62.1 Å². The molecule has 0 aliphatic carbocycles. The van der Waals surface area contributed by atoms with E-state index in [1.807, 2.05) is 0 Å². The first-order valence-corrected chi connectivity index (χ1v) is 0.612. The second-order valence-electron chi connectivity index (χ2n) is 0.250. The summed E-state index contributed by atoms with van der Waals surface area (Å²) in [6.07, 6.45) is -2.33. The van der Waals surface area contributed by atoms with Gasteiger partial charge in [-0.15, -0.1) is 0 Å². The SMILES string of the molecule is O.O.O.O.O.O=C([O-])[O-].[Mg+2].[OH-]. The second-order valence-corrected chi connectivity index (χ2v) is 0.250. The molecule has 11 N–H and O–H groups in total. The van der Waals surface area contributed by atoms with E-state index >= 15 is 0 Å². The minimum Gasteiger partial charge on any atom is -0.870 e. The molecule has 72 valence electrons. The van der Waals surface area contributed by atoms with Crippen LogP contribution in [0.25, 0.3) is 0 Å². The van der Waals surface area contributed by atoms with E-state index in [0.717, 1.165) is 0 Å². The summed E-state index contributed by atoms with van der Waals surface area (Å²) in [4.78, 5) is 8.33. The Morgan fingerprint density at radius 2 is 0.818 bits per heavy atom. The third-order valence-electron chi connectivity index (χ3n) is 0. The summed E-state index contributed by atoms with van der Waals surface area (Å²) >= 11 is 0. The summed E-state index contributed by atoms with van der Waals surface area (Å²) in [5.74, 6) is 0. The van der Waals surface area contributed by atoms with Crippen LogP contribution in [0, 0.1) is 0 Å². The Morgan fingerprint density at radius 3 is 0.818 bits per heavy atom. The maximum Gasteiger partial charge on any atom is 2.00 e. The summed E-state index contributed by atoms with van der Waals surface area (Å²) in [5, 5.41) is 16.7. The summed E-state index contributed by atoms with van der Waals surface area (Å²) < 4.78 is 0. The van der Waals surface area contributed by atoms with E-state index in [2.05, 4.69) is 0 Å². The molecule has 0 radical (unpaired) electrons. The van der Waals surface area contributed by atoms with Gasteiger partial charge in [-0.2, -0.15) is 0 Å². The molecule has 0 fully saturated rings. The van der Waals surface area contributed by atoms with Crippen LogP contribution < -0.4 is 10.2 Å².